The number of hydrogen-bond acceptors (Lipinski definition) is 3. The van der Waals surface area contributed by atoms with E-state index in [1.165, 1.54) is 18.5 Å². The molecule has 1 unspecified atom stereocenters. The molecule has 0 aliphatic rings. The molecule has 0 bridgehead atoms. The first kappa shape index (κ1) is 9.90. The Hall–Kier alpha value is -1.18. The van der Waals surface area contributed by atoms with Crippen LogP contribution in [0.4, 0.5) is 19.1 Å². The Morgan fingerprint density at radius 1 is 1.31 bits per heavy atom. The van der Waals surface area contributed by atoms with E-state index >= 15 is 0 Å². The summed E-state index contributed by atoms with van der Waals surface area (Å²) >= 11 is 0. The minimum atomic E-state index is -4.81. The zero-order valence-electron chi connectivity index (χ0n) is 6.08. The van der Waals surface area contributed by atoms with E-state index in [-0.39, 0.29) is 5.95 Å². The molecule has 8 heteroatoms. The van der Waals surface area contributed by atoms with Gasteiger partial charge in [0.25, 0.3) is 0 Å². The molecule has 0 aliphatic heterocycles. The summed E-state index contributed by atoms with van der Waals surface area (Å²) in [5, 5.41) is 0. The van der Waals surface area contributed by atoms with Gasteiger partial charge < -0.3 is 0 Å². The fourth-order valence-electron chi connectivity index (χ4n) is 0.493. The van der Waals surface area contributed by atoms with Gasteiger partial charge in [0.1, 0.15) is 0 Å². The first-order chi connectivity index (χ1) is 6.00. The third-order valence-electron chi connectivity index (χ3n) is 0.960. The molecule has 0 aliphatic carbocycles. The lowest BCUT2D eigenvalue weighted by Crippen LogP contribution is -2.23. The monoisotopic (exact) mass is 211 g/mol. The summed E-state index contributed by atoms with van der Waals surface area (Å²) in [7, 11) is -3.16. The number of nitrogens with one attached hydrogen (secondary N) is 1. The Kier molecular flexibility index (Phi) is 2.81. The highest BCUT2D eigenvalue weighted by Gasteiger charge is 2.37. The topological polar surface area (TPSA) is 54.9 Å². The maximum Gasteiger partial charge on any atom is 0.490 e. The van der Waals surface area contributed by atoms with Crippen LogP contribution in [0.25, 0.3) is 0 Å². The van der Waals surface area contributed by atoms with Crippen LogP contribution < -0.4 is 4.72 Å². The number of nitrogens with zero attached hydrogens (tertiary/aromatic N) is 2. The van der Waals surface area contributed by atoms with Crippen molar-refractivity contribution in [1.29, 1.82) is 0 Å². The van der Waals surface area contributed by atoms with Crippen LogP contribution >= 0.6 is 0 Å². The van der Waals surface area contributed by atoms with Crippen LogP contribution in [0.2, 0.25) is 0 Å². The van der Waals surface area contributed by atoms with E-state index in [1.807, 2.05) is 0 Å². The average Bonchev–Trinajstić information content (AvgIpc) is 2.04. The van der Waals surface area contributed by atoms with Gasteiger partial charge in [0, 0.05) is 12.4 Å². The van der Waals surface area contributed by atoms with Crippen LogP contribution in [0.15, 0.2) is 18.5 Å². The van der Waals surface area contributed by atoms with Crippen molar-refractivity contribution in [3.05, 3.63) is 18.5 Å². The van der Waals surface area contributed by atoms with Crippen molar-refractivity contribution < 1.29 is 17.4 Å². The molecule has 0 spiro atoms. The van der Waals surface area contributed by atoms with Gasteiger partial charge in [0.2, 0.25) is 16.9 Å². The summed E-state index contributed by atoms with van der Waals surface area (Å²) in [6.45, 7) is 0. The van der Waals surface area contributed by atoms with Crippen molar-refractivity contribution in [1.82, 2.24) is 9.97 Å². The first-order valence-corrected chi connectivity index (χ1v) is 4.17. The SMILES string of the molecule is O=S(Nc1ncccn1)C(F)(F)F. The van der Waals surface area contributed by atoms with Gasteiger partial charge >= 0.3 is 5.51 Å². The van der Waals surface area contributed by atoms with Crippen molar-refractivity contribution in [2.75, 3.05) is 4.72 Å². The van der Waals surface area contributed by atoms with E-state index < -0.39 is 16.5 Å². The second-order valence-corrected chi connectivity index (χ2v) is 3.09. The number of aromatic nitrogens is 2. The Morgan fingerprint density at radius 2 is 1.85 bits per heavy atom. The summed E-state index contributed by atoms with van der Waals surface area (Å²) in [6, 6.07) is 1.43. The number of alkyl halides is 3. The Labute approximate surface area is 73.8 Å². The molecule has 1 atom stereocenters. The molecule has 72 valence electrons. The second-order valence-electron chi connectivity index (χ2n) is 1.89. The zero-order chi connectivity index (χ0) is 9.90. The van der Waals surface area contributed by atoms with Crippen LogP contribution in [-0.4, -0.2) is 19.7 Å². The van der Waals surface area contributed by atoms with Crippen LogP contribution in [0.3, 0.4) is 0 Å². The maximum absolute atomic E-state index is 11.7. The van der Waals surface area contributed by atoms with Crippen LogP contribution in [-0.2, 0) is 11.0 Å². The fraction of sp³-hybridized carbons (Fsp3) is 0.200. The molecular weight excluding hydrogens is 207 g/mol. The molecule has 0 amide bonds. The molecule has 0 saturated carbocycles. The molecule has 1 rings (SSSR count). The molecule has 4 nitrogen and oxygen atoms in total. The lowest BCUT2D eigenvalue weighted by atomic mass is 10.7. The Morgan fingerprint density at radius 3 is 2.31 bits per heavy atom. The predicted octanol–water partition coefficient (Wildman–Crippen LogP) is 1.07. The molecule has 13 heavy (non-hydrogen) atoms. The average molecular weight is 211 g/mol. The van der Waals surface area contributed by atoms with Crippen molar-refractivity contribution in [2.24, 2.45) is 0 Å². The molecule has 0 saturated heterocycles. The maximum atomic E-state index is 11.7. The van der Waals surface area contributed by atoms with Gasteiger partial charge in [0.15, 0.2) is 0 Å². The standard InChI is InChI=1S/C5H4F3N3OS/c6-5(7,8)13(12)11-4-9-2-1-3-10-4/h1-3H,(H,9,10,11). The van der Waals surface area contributed by atoms with Crippen LogP contribution in [0, 0.1) is 0 Å². The van der Waals surface area contributed by atoms with Crippen molar-refractivity contribution in [3.8, 4) is 0 Å². The highest BCUT2D eigenvalue weighted by molar-refractivity contribution is 7.87. The van der Waals surface area contributed by atoms with Gasteiger partial charge in [-0.15, -0.1) is 0 Å². The van der Waals surface area contributed by atoms with E-state index in [0.717, 1.165) is 0 Å². The lowest BCUT2D eigenvalue weighted by molar-refractivity contribution is -0.0379. The molecule has 0 aromatic carbocycles. The summed E-state index contributed by atoms with van der Waals surface area (Å²) in [6.07, 6.45) is 2.48. The second kappa shape index (κ2) is 3.69. The van der Waals surface area contributed by atoms with Gasteiger partial charge in [-0.1, -0.05) is 0 Å². The predicted molar refractivity (Wildman–Crippen MR) is 39.9 cm³/mol. The zero-order valence-corrected chi connectivity index (χ0v) is 6.89. The molecule has 1 N–H and O–H groups in total. The van der Waals surface area contributed by atoms with Gasteiger partial charge in [-0.3, -0.25) is 4.72 Å². The quantitative estimate of drug-likeness (QED) is 0.796. The van der Waals surface area contributed by atoms with Crippen LogP contribution in [0.5, 0.6) is 0 Å². The van der Waals surface area contributed by atoms with Gasteiger partial charge in [0.05, 0.1) is 0 Å². The highest BCUT2D eigenvalue weighted by Crippen LogP contribution is 2.19. The third kappa shape index (κ3) is 2.98. The third-order valence-corrected chi connectivity index (χ3v) is 1.75. The number of halogens is 3. The molecule has 1 aromatic rings. The van der Waals surface area contributed by atoms with Crippen LogP contribution in [0.1, 0.15) is 0 Å². The van der Waals surface area contributed by atoms with E-state index in [9.17, 15) is 17.4 Å². The number of anilines is 1. The Balaban J connectivity index is 2.66. The van der Waals surface area contributed by atoms with E-state index in [4.69, 9.17) is 0 Å². The molecule has 1 aromatic heterocycles. The molecule has 0 radical (unpaired) electrons. The minimum absolute atomic E-state index is 0.321. The Bertz CT molecular complexity index is 302. The summed E-state index contributed by atoms with van der Waals surface area (Å²) in [5.41, 5.74) is -4.81. The summed E-state index contributed by atoms with van der Waals surface area (Å²) in [4.78, 5) is 6.83. The molecular formula is C5H4F3N3OS. The lowest BCUT2D eigenvalue weighted by Gasteiger charge is -2.05. The molecule has 0 fully saturated rings. The van der Waals surface area contributed by atoms with Crippen molar-refractivity contribution >= 4 is 16.9 Å². The number of rotatable bonds is 2. The largest absolute Gasteiger partial charge is 0.490 e. The fourth-order valence-corrected chi connectivity index (χ4v) is 0.880. The van der Waals surface area contributed by atoms with E-state index in [1.54, 1.807) is 4.72 Å². The number of hydrogen-bond donors (Lipinski definition) is 1. The van der Waals surface area contributed by atoms with Gasteiger partial charge in [-0.25, -0.2) is 14.2 Å². The highest BCUT2D eigenvalue weighted by atomic mass is 32.2. The minimum Gasteiger partial charge on any atom is -0.266 e. The van der Waals surface area contributed by atoms with E-state index in [2.05, 4.69) is 9.97 Å². The first-order valence-electron chi connectivity index (χ1n) is 3.02. The normalized spacial score (nSPS) is 13.8. The molecule has 1 heterocycles. The van der Waals surface area contributed by atoms with Gasteiger partial charge in [-0.05, 0) is 6.07 Å². The van der Waals surface area contributed by atoms with E-state index in [0.29, 0.717) is 0 Å². The van der Waals surface area contributed by atoms with Crippen molar-refractivity contribution in [3.63, 3.8) is 0 Å². The smallest absolute Gasteiger partial charge is 0.266 e. The van der Waals surface area contributed by atoms with Gasteiger partial charge in [-0.2, -0.15) is 13.2 Å². The van der Waals surface area contributed by atoms with Crippen molar-refractivity contribution in [2.45, 2.75) is 5.51 Å². The summed E-state index contributed by atoms with van der Waals surface area (Å²) < 4.78 is 47.2. The summed E-state index contributed by atoms with van der Waals surface area (Å²) in [5.74, 6) is -0.321.